The van der Waals surface area contributed by atoms with Gasteiger partial charge in [0.1, 0.15) is 5.82 Å². The van der Waals surface area contributed by atoms with Crippen molar-refractivity contribution in [2.75, 3.05) is 11.5 Å². The summed E-state index contributed by atoms with van der Waals surface area (Å²) in [4.78, 5) is 8.75. The highest BCUT2D eigenvalue weighted by molar-refractivity contribution is 5.95. The number of pyridine rings is 2. The van der Waals surface area contributed by atoms with Crippen molar-refractivity contribution in [2.24, 2.45) is 0 Å². The molecule has 4 N–H and O–H groups in total. The minimum absolute atomic E-state index is 0.469. The number of nitrogens with two attached hydrogens (primary N) is 2. The van der Waals surface area contributed by atoms with Crippen molar-refractivity contribution in [3.63, 3.8) is 0 Å². The maximum Gasteiger partial charge on any atom is 0.133 e. The molecule has 0 fully saturated rings. The number of hydrogen-bond acceptors (Lipinski definition) is 4. The van der Waals surface area contributed by atoms with E-state index in [-0.39, 0.29) is 0 Å². The van der Waals surface area contributed by atoms with Gasteiger partial charge in [-0.05, 0) is 42.8 Å². The van der Waals surface area contributed by atoms with E-state index in [1.165, 1.54) is 0 Å². The first-order valence-corrected chi connectivity index (χ1v) is 6.03. The van der Waals surface area contributed by atoms with Crippen LogP contribution in [-0.4, -0.2) is 9.97 Å². The highest BCUT2D eigenvalue weighted by Gasteiger charge is 2.09. The zero-order valence-electron chi connectivity index (χ0n) is 10.6. The van der Waals surface area contributed by atoms with E-state index in [1.54, 1.807) is 6.20 Å². The lowest BCUT2D eigenvalue weighted by Crippen LogP contribution is -1.98. The number of benzene rings is 1. The molecule has 0 saturated carbocycles. The van der Waals surface area contributed by atoms with Crippen LogP contribution in [0, 0.1) is 6.92 Å². The third kappa shape index (κ3) is 1.97. The molecule has 4 heteroatoms. The quantitative estimate of drug-likeness (QED) is 0.651. The summed E-state index contributed by atoms with van der Waals surface area (Å²) >= 11 is 0. The average molecular weight is 250 g/mol. The minimum atomic E-state index is 0.469. The van der Waals surface area contributed by atoms with Gasteiger partial charge in [0.2, 0.25) is 0 Å². The normalized spacial score (nSPS) is 10.8. The summed E-state index contributed by atoms with van der Waals surface area (Å²) in [5.41, 5.74) is 16.3. The molecule has 2 aromatic heterocycles. The van der Waals surface area contributed by atoms with Gasteiger partial charge in [-0.2, -0.15) is 0 Å². The van der Waals surface area contributed by atoms with Gasteiger partial charge < -0.3 is 11.5 Å². The largest absolute Gasteiger partial charge is 0.398 e. The summed E-state index contributed by atoms with van der Waals surface area (Å²) in [5.74, 6) is 0.469. The molecule has 0 bridgehead atoms. The maximum atomic E-state index is 6.03. The van der Waals surface area contributed by atoms with Crippen LogP contribution >= 0.6 is 0 Å². The molecule has 0 atom stereocenters. The maximum absolute atomic E-state index is 6.03. The van der Waals surface area contributed by atoms with Crippen molar-refractivity contribution < 1.29 is 0 Å². The van der Waals surface area contributed by atoms with E-state index in [0.717, 1.165) is 27.7 Å². The summed E-state index contributed by atoms with van der Waals surface area (Å²) in [5, 5.41) is 0.898. The average Bonchev–Trinajstić information content (AvgIpc) is 2.38. The van der Waals surface area contributed by atoms with E-state index in [4.69, 9.17) is 11.5 Å². The third-order valence-corrected chi connectivity index (χ3v) is 3.11. The number of nitrogen functional groups attached to an aromatic ring is 2. The summed E-state index contributed by atoms with van der Waals surface area (Å²) in [6.07, 6.45) is 1.77. The Balaban J connectivity index is 2.29. The van der Waals surface area contributed by atoms with E-state index < -0.39 is 0 Å². The van der Waals surface area contributed by atoms with E-state index >= 15 is 0 Å². The molecule has 0 aliphatic rings. The van der Waals surface area contributed by atoms with E-state index in [1.807, 2.05) is 43.3 Å². The van der Waals surface area contributed by atoms with Crippen LogP contribution in [0.3, 0.4) is 0 Å². The van der Waals surface area contributed by atoms with E-state index in [9.17, 15) is 0 Å². The van der Waals surface area contributed by atoms with Gasteiger partial charge in [0.05, 0.1) is 11.2 Å². The SMILES string of the molecule is Cc1ccnc(-c2cc3c(N)cccc3nc2N)c1. The first-order chi connectivity index (χ1) is 9.15. The molecule has 0 radical (unpaired) electrons. The third-order valence-electron chi connectivity index (χ3n) is 3.11. The molecule has 0 spiro atoms. The number of aromatic nitrogens is 2. The second-order valence-electron chi connectivity index (χ2n) is 4.55. The van der Waals surface area contributed by atoms with Crippen LogP contribution in [0.5, 0.6) is 0 Å². The fourth-order valence-electron chi connectivity index (χ4n) is 2.12. The number of nitrogens with zero attached hydrogens (tertiary/aromatic N) is 2. The van der Waals surface area contributed by atoms with Crippen LogP contribution in [0.25, 0.3) is 22.2 Å². The Morgan fingerprint density at radius 2 is 1.89 bits per heavy atom. The molecule has 0 aliphatic carbocycles. The molecule has 4 nitrogen and oxygen atoms in total. The fourth-order valence-corrected chi connectivity index (χ4v) is 2.12. The van der Waals surface area contributed by atoms with Gasteiger partial charge in [-0.1, -0.05) is 6.07 Å². The van der Waals surface area contributed by atoms with Crippen LogP contribution in [0.4, 0.5) is 11.5 Å². The van der Waals surface area contributed by atoms with Gasteiger partial charge in [-0.3, -0.25) is 4.98 Å². The molecule has 1 aromatic carbocycles. The summed E-state index contributed by atoms with van der Waals surface area (Å²) < 4.78 is 0. The monoisotopic (exact) mass is 250 g/mol. The Morgan fingerprint density at radius 3 is 2.68 bits per heavy atom. The van der Waals surface area contributed by atoms with Crippen LogP contribution in [-0.2, 0) is 0 Å². The molecule has 0 saturated heterocycles. The molecule has 3 aromatic rings. The van der Waals surface area contributed by atoms with Crippen LogP contribution < -0.4 is 11.5 Å². The van der Waals surface area contributed by atoms with Crippen molar-refractivity contribution >= 4 is 22.4 Å². The van der Waals surface area contributed by atoms with Crippen LogP contribution in [0.1, 0.15) is 5.56 Å². The number of aryl methyl sites for hydroxylation is 1. The minimum Gasteiger partial charge on any atom is -0.398 e. The van der Waals surface area contributed by atoms with Crippen molar-refractivity contribution in [3.05, 3.63) is 48.2 Å². The second-order valence-corrected chi connectivity index (χ2v) is 4.55. The smallest absolute Gasteiger partial charge is 0.133 e. The molecule has 0 unspecified atom stereocenters. The Kier molecular flexibility index (Phi) is 2.56. The number of hydrogen-bond donors (Lipinski definition) is 2. The summed E-state index contributed by atoms with van der Waals surface area (Å²) in [7, 11) is 0. The second kappa shape index (κ2) is 4.24. The zero-order chi connectivity index (χ0) is 13.4. The van der Waals surface area contributed by atoms with E-state index in [0.29, 0.717) is 11.5 Å². The molecule has 3 rings (SSSR count). The van der Waals surface area contributed by atoms with Crippen molar-refractivity contribution in [1.29, 1.82) is 0 Å². The number of anilines is 2. The van der Waals surface area contributed by atoms with Crippen molar-refractivity contribution in [1.82, 2.24) is 9.97 Å². The van der Waals surface area contributed by atoms with Crippen molar-refractivity contribution in [2.45, 2.75) is 6.92 Å². The lowest BCUT2D eigenvalue weighted by Gasteiger charge is -2.08. The molecule has 19 heavy (non-hydrogen) atoms. The Labute approximate surface area is 111 Å². The standard InChI is InChI=1S/C15H14N4/c1-9-5-6-18-14(7-9)11-8-10-12(16)3-2-4-13(10)19-15(11)17/h2-8H,16H2,1H3,(H2,17,19). The lowest BCUT2D eigenvalue weighted by molar-refractivity contribution is 1.28. The van der Waals surface area contributed by atoms with Gasteiger partial charge in [-0.25, -0.2) is 4.98 Å². The topological polar surface area (TPSA) is 77.8 Å². The first-order valence-electron chi connectivity index (χ1n) is 6.03. The van der Waals surface area contributed by atoms with Gasteiger partial charge in [0.25, 0.3) is 0 Å². The molecule has 94 valence electrons. The van der Waals surface area contributed by atoms with Crippen molar-refractivity contribution in [3.8, 4) is 11.3 Å². The molecule has 0 aliphatic heterocycles. The molecular weight excluding hydrogens is 236 g/mol. The highest BCUT2D eigenvalue weighted by Crippen LogP contribution is 2.29. The Hall–Kier alpha value is -2.62. The van der Waals surface area contributed by atoms with Gasteiger partial charge >= 0.3 is 0 Å². The summed E-state index contributed by atoms with van der Waals surface area (Å²) in [6.45, 7) is 2.02. The Morgan fingerprint density at radius 1 is 1.05 bits per heavy atom. The fraction of sp³-hybridized carbons (Fsp3) is 0.0667. The number of fused-ring (bicyclic) bond motifs is 1. The zero-order valence-corrected chi connectivity index (χ0v) is 10.6. The van der Waals surface area contributed by atoms with Gasteiger partial charge in [0, 0.05) is 22.8 Å². The van der Waals surface area contributed by atoms with Gasteiger partial charge in [0.15, 0.2) is 0 Å². The van der Waals surface area contributed by atoms with Crippen LogP contribution in [0.15, 0.2) is 42.6 Å². The number of rotatable bonds is 1. The first kappa shape index (κ1) is 11.5. The predicted octanol–water partition coefficient (Wildman–Crippen LogP) is 2.77. The predicted molar refractivity (Wildman–Crippen MR) is 78.5 cm³/mol. The molecule has 2 heterocycles. The van der Waals surface area contributed by atoms with E-state index in [2.05, 4.69) is 9.97 Å². The van der Waals surface area contributed by atoms with Gasteiger partial charge in [-0.15, -0.1) is 0 Å². The molecule has 0 amide bonds. The lowest BCUT2D eigenvalue weighted by atomic mass is 10.1. The molecular formula is C15H14N4. The highest BCUT2D eigenvalue weighted by atomic mass is 14.9. The van der Waals surface area contributed by atoms with Crippen LogP contribution in [0.2, 0.25) is 0 Å². The summed E-state index contributed by atoms with van der Waals surface area (Å²) in [6, 6.07) is 11.5. The Bertz CT molecular complexity index is 765.